The van der Waals surface area contributed by atoms with Crippen LogP contribution in [0.3, 0.4) is 0 Å². The molecule has 2 aromatic carbocycles. The van der Waals surface area contributed by atoms with E-state index in [1.807, 2.05) is 49.4 Å². The molecule has 3 aromatic rings. The second-order valence-electron chi connectivity index (χ2n) is 6.13. The highest BCUT2D eigenvalue weighted by Gasteiger charge is 2.11. The Morgan fingerprint density at radius 3 is 2.54 bits per heavy atom. The van der Waals surface area contributed by atoms with E-state index < -0.39 is 0 Å². The summed E-state index contributed by atoms with van der Waals surface area (Å²) in [6.45, 7) is 2.00. The van der Waals surface area contributed by atoms with Crippen LogP contribution in [0.2, 0.25) is 0 Å². The summed E-state index contributed by atoms with van der Waals surface area (Å²) < 4.78 is 0. The SMILES string of the molecule is CNC(=O)Cc1ccccc1NC(=O)c1ccc(SCc2csc(C)n2)cc1. The molecule has 2 amide bonds. The van der Waals surface area contributed by atoms with Crippen LogP contribution in [0.25, 0.3) is 0 Å². The van der Waals surface area contributed by atoms with Crippen molar-refractivity contribution in [1.29, 1.82) is 0 Å². The van der Waals surface area contributed by atoms with E-state index >= 15 is 0 Å². The van der Waals surface area contributed by atoms with Gasteiger partial charge in [-0.1, -0.05) is 18.2 Å². The topological polar surface area (TPSA) is 71.1 Å². The molecule has 0 aliphatic carbocycles. The highest BCUT2D eigenvalue weighted by molar-refractivity contribution is 7.98. The van der Waals surface area contributed by atoms with Gasteiger partial charge in [0, 0.05) is 34.3 Å². The Bertz CT molecular complexity index is 968. The normalized spacial score (nSPS) is 10.5. The molecule has 0 radical (unpaired) electrons. The summed E-state index contributed by atoms with van der Waals surface area (Å²) in [5, 5.41) is 8.64. The molecule has 1 aromatic heterocycles. The number of aromatic nitrogens is 1. The zero-order chi connectivity index (χ0) is 19.9. The van der Waals surface area contributed by atoms with Crippen molar-refractivity contribution in [3.05, 3.63) is 75.7 Å². The summed E-state index contributed by atoms with van der Waals surface area (Å²) in [4.78, 5) is 29.8. The van der Waals surface area contributed by atoms with Gasteiger partial charge in [-0.2, -0.15) is 0 Å². The lowest BCUT2D eigenvalue weighted by atomic mass is 10.1. The van der Waals surface area contributed by atoms with E-state index in [1.54, 1.807) is 36.2 Å². The molecule has 0 atom stereocenters. The lowest BCUT2D eigenvalue weighted by molar-refractivity contribution is -0.119. The number of nitrogens with one attached hydrogen (secondary N) is 2. The Kier molecular flexibility index (Phi) is 6.84. The molecule has 0 aliphatic rings. The summed E-state index contributed by atoms with van der Waals surface area (Å²) >= 11 is 3.34. The highest BCUT2D eigenvalue weighted by atomic mass is 32.2. The van der Waals surface area contributed by atoms with Crippen LogP contribution in [0.15, 0.2) is 58.8 Å². The number of nitrogens with zero attached hydrogens (tertiary/aromatic N) is 1. The van der Waals surface area contributed by atoms with Crippen molar-refractivity contribution >= 4 is 40.6 Å². The first-order valence-electron chi connectivity index (χ1n) is 8.79. The summed E-state index contributed by atoms with van der Waals surface area (Å²) in [6, 6.07) is 14.8. The number of anilines is 1. The molecule has 144 valence electrons. The van der Waals surface area contributed by atoms with Gasteiger partial charge in [0.05, 0.1) is 17.1 Å². The maximum atomic E-state index is 12.6. The fraction of sp³-hybridized carbons (Fsp3) is 0.190. The maximum Gasteiger partial charge on any atom is 0.255 e. The quantitative estimate of drug-likeness (QED) is 0.569. The van der Waals surface area contributed by atoms with Crippen molar-refractivity contribution in [3.63, 3.8) is 0 Å². The first-order valence-corrected chi connectivity index (χ1v) is 10.7. The van der Waals surface area contributed by atoms with E-state index in [-0.39, 0.29) is 18.2 Å². The van der Waals surface area contributed by atoms with Gasteiger partial charge in [0.25, 0.3) is 5.91 Å². The molecule has 1 heterocycles. The molecular formula is C21H21N3O2S2. The number of aryl methyl sites for hydroxylation is 1. The van der Waals surface area contributed by atoms with Gasteiger partial charge in [0.2, 0.25) is 5.91 Å². The average molecular weight is 412 g/mol. The smallest absolute Gasteiger partial charge is 0.255 e. The van der Waals surface area contributed by atoms with Gasteiger partial charge >= 0.3 is 0 Å². The molecule has 5 nitrogen and oxygen atoms in total. The Morgan fingerprint density at radius 2 is 1.86 bits per heavy atom. The van der Waals surface area contributed by atoms with Crippen LogP contribution in [0, 0.1) is 6.92 Å². The van der Waals surface area contributed by atoms with Crippen LogP contribution < -0.4 is 10.6 Å². The molecule has 0 aliphatic heterocycles. The predicted molar refractivity (Wildman–Crippen MR) is 115 cm³/mol. The second-order valence-corrected chi connectivity index (χ2v) is 8.24. The van der Waals surface area contributed by atoms with Crippen LogP contribution in [0.1, 0.15) is 26.6 Å². The van der Waals surface area contributed by atoms with E-state index in [4.69, 9.17) is 0 Å². The van der Waals surface area contributed by atoms with Crippen molar-refractivity contribution in [2.75, 3.05) is 12.4 Å². The minimum atomic E-state index is -0.198. The number of thiazole rings is 1. The predicted octanol–water partition coefficient (Wildman–Crippen LogP) is 4.28. The van der Waals surface area contributed by atoms with Gasteiger partial charge in [-0.15, -0.1) is 23.1 Å². The fourth-order valence-corrected chi connectivity index (χ4v) is 4.10. The van der Waals surface area contributed by atoms with Crippen LogP contribution in [-0.2, 0) is 17.0 Å². The first kappa shape index (κ1) is 20.1. The Balaban J connectivity index is 1.63. The molecule has 3 rings (SSSR count). The number of hydrogen-bond acceptors (Lipinski definition) is 5. The number of benzene rings is 2. The van der Waals surface area contributed by atoms with Crippen molar-refractivity contribution in [2.45, 2.75) is 24.0 Å². The van der Waals surface area contributed by atoms with E-state index in [2.05, 4.69) is 21.0 Å². The number of para-hydroxylation sites is 1. The van der Waals surface area contributed by atoms with E-state index in [0.717, 1.165) is 26.9 Å². The van der Waals surface area contributed by atoms with Gasteiger partial charge < -0.3 is 10.6 Å². The number of rotatable bonds is 7. The third-order valence-electron chi connectivity index (χ3n) is 4.07. The van der Waals surface area contributed by atoms with Gasteiger partial charge in [-0.3, -0.25) is 9.59 Å². The van der Waals surface area contributed by atoms with E-state index in [9.17, 15) is 9.59 Å². The molecule has 0 saturated heterocycles. The van der Waals surface area contributed by atoms with Gasteiger partial charge in [0.15, 0.2) is 0 Å². The largest absolute Gasteiger partial charge is 0.359 e. The number of carbonyl (C=O) groups is 2. The molecular weight excluding hydrogens is 390 g/mol. The lowest BCUT2D eigenvalue weighted by Gasteiger charge is -2.11. The number of thioether (sulfide) groups is 1. The van der Waals surface area contributed by atoms with Crippen molar-refractivity contribution in [3.8, 4) is 0 Å². The second kappa shape index (κ2) is 9.52. The summed E-state index contributed by atoms with van der Waals surface area (Å²) in [5.74, 6) is 0.511. The van der Waals surface area contributed by atoms with Crippen molar-refractivity contribution < 1.29 is 9.59 Å². The zero-order valence-corrected chi connectivity index (χ0v) is 17.3. The molecule has 0 saturated carbocycles. The van der Waals surface area contributed by atoms with Crippen LogP contribution in [0.5, 0.6) is 0 Å². The number of hydrogen-bond donors (Lipinski definition) is 2. The summed E-state index contributed by atoms with van der Waals surface area (Å²) in [6.07, 6.45) is 0.221. The molecule has 28 heavy (non-hydrogen) atoms. The monoisotopic (exact) mass is 411 g/mol. The first-order chi connectivity index (χ1) is 13.5. The molecule has 0 bridgehead atoms. The third kappa shape index (κ3) is 5.43. The minimum Gasteiger partial charge on any atom is -0.359 e. The summed E-state index contributed by atoms with van der Waals surface area (Å²) in [7, 11) is 1.60. The number of carbonyl (C=O) groups excluding carboxylic acids is 2. The van der Waals surface area contributed by atoms with Gasteiger partial charge in [0.1, 0.15) is 0 Å². The van der Waals surface area contributed by atoms with Crippen LogP contribution in [0.4, 0.5) is 5.69 Å². The fourth-order valence-electron chi connectivity index (χ4n) is 2.59. The van der Waals surface area contributed by atoms with E-state index in [0.29, 0.717) is 11.3 Å². The zero-order valence-electron chi connectivity index (χ0n) is 15.7. The molecule has 2 N–H and O–H groups in total. The maximum absolute atomic E-state index is 12.6. The molecule has 7 heteroatoms. The van der Waals surface area contributed by atoms with Crippen molar-refractivity contribution in [2.24, 2.45) is 0 Å². The van der Waals surface area contributed by atoms with Gasteiger partial charge in [-0.25, -0.2) is 4.98 Å². The van der Waals surface area contributed by atoms with E-state index in [1.165, 1.54) is 0 Å². The molecule has 0 unspecified atom stereocenters. The molecule has 0 fully saturated rings. The molecule has 0 spiro atoms. The Morgan fingerprint density at radius 1 is 1.11 bits per heavy atom. The van der Waals surface area contributed by atoms with Gasteiger partial charge in [-0.05, 0) is 42.8 Å². The standard InChI is InChI=1S/C21H21N3O2S2/c1-14-23-17(12-27-14)13-28-18-9-7-15(8-10-18)21(26)24-19-6-4-3-5-16(19)11-20(25)22-2/h3-10,12H,11,13H2,1-2H3,(H,22,25)(H,24,26). The highest BCUT2D eigenvalue weighted by Crippen LogP contribution is 2.24. The van der Waals surface area contributed by atoms with Crippen LogP contribution >= 0.6 is 23.1 Å². The number of amides is 2. The van der Waals surface area contributed by atoms with Crippen molar-refractivity contribution in [1.82, 2.24) is 10.3 Å². The number of likely N-dealkylation sites (N-methyl/N-ethyl adjacent to an activating group) is 1. The minimum absolute atomic E-state index is 0.0987. The Labute approximate surface area is 172 Å². The lowest BCUT2D eigenvalue weighted by Crippen LogP contribution is -2.21. The Hall–Kier alpha value is -2.64. The third-order valence-corrected chi connectivity index (χ3v) is 5.93. The average Bonchev–Trinajstić information content (AvgIpc) is 3.13. The van der Waals surface area contributed by atoms with Crippen LogP contribution in [-0.4, -0.2) is 23.8 Å². The summed E-state index contributed by atoms with van der Waals surface area (Å²) in [5.41, 5.74) is 3.07.